The first-order valence-corrected chi connectivity index (χ1v) is 5.34. The van der Waals surface area contributed by atoms with Gasteiger partial charge in [0, 0.05) is 0 Å². The smallest absolute Gasteiger partial charge is 0.118 e. The van der Waals surface area contributed by atoms with Crippen molar-refractivity contribution in [3.05, 3.63) is 54.1 Å². The van der Waals surface area contributed by atoms with Gasteiger partial charge >= 0.3 is 0 Å². The zero-order chi connectivity index (χ0) is 12.7. The zero-order valence-corrected chi connectivity index (χ0v) is 10.2. The highest BCUT2D eigenvalue weighted by atomic mass is 16.5. The SMILES string of the molecule is COc1ccc(-c2ccc(C)cc2)cc1.NN. The van der Waals surface area contributed by atoms with Crippen LogP contribution in [0.5, 0.6) is 5.75 Å². The van der Waals surface area contributed by atoms with E-state index >= 15 is 0 Å². The Hall–Kier alpha value is -1.84. The van der Waals surface area contributed by atoms with Crippen molar-refractivity contribution in [1.82, 2.24) is 0 Å². The molecule has 0 radical (unpaired) electrons. The Kier molecular flexibility index (Phi) is 5.20. The number of hydrogen-bond donors (Lipinski definition) is 2. The number of ether oxygens (including phenoxy) is 1. The highest BCUT2D eigenvalue weighted by Gasteiger charge is 1.97. The van der Waals surface area contributed by atoms with Crippen molar-refractivity contribution in [2.45, 2.75) is 6.92 Å². The maximum absolute atomic E-state index is 5.12. The largest absolute Gasteiger partial charge is 0.497 e. The fourth-order valence-electron chi connectivity index (χ4n) is 1.53. The van der Waals surface area contributed by atoms with Crippen LogP contribution in [0.3, 0.4) is 0 Å². The minimum atomic E-state index is 0.894. The van der Waals surface area contributed by atoms with E-state index in [0.29, 0.717) is 0 Å². The monoisotopic (exact) mass is 230 g/mol. The van der Waals surface area contributed by atoms with Crippen LogP contribution >= 0.6 is 0 Å². The van der Waals surface area contributed by atoms with E-state index < -0.39 is 0 Å². The van der Waals surface area contributed by atoms with E-state index in [2.05, 4.69) is 55.0 Å². The summed E-state index contributed by atoms with van der Waals surface area (Å²) in [6.45, 7) is 2.10. The summed E-state index contributed by atoms with van der Waals surface area (Å²) in [7, 11) is 1.68. The van der Waals surface area contributed by atoms with Crippen molar-refractivity contribution in [2.24, 2.45) is 11.7 Å². The molecule has 0 atom stereocenters. The van der Waals surface area contributed by atoms with Crippen LogP contribution in [-0.4, -0.2) is 7.11 Å². The fourth-order valence-corrected chi connectivity index (χ4v) is 1.53. The van der Waals surface area contributed by atoms with Gasteiger partial charge in [0.15, 0.2) is 0 Å². The number of methoxy groups -OCH3 is 1. The van der Waals surface area contributed by atoms with Crippen LogP contribution in [0.15, 0.2) is 48.5 Å². The maximum atomic E-state index is 5.12. The van der Waals surface area contributed by atoms with Crippen LogP contribution in [-0.2, 0) is 0 Å². The molecule has 0 saturated carbocycles. The minimum absolute atomic E-state index is 0.894. The topological polar surface area (TPSA) is 61.3 Å². The summed E-state index contributed by atoms with van der Waals surface area (Å²) >= 11 is 0. The molecule has 0 spiro atoms. The molecule has 17 heavy (non-hydrogen) atoms. The van der Waals surface area contributed by atoms with E-state index in [-0.39, 0.29) is 0 Å². The Morgan fingerprint density at radius 1 is 0.765 bits per heavy atom. The van der Waals surface area contributed by atoms with Gasteiger partial charge in [-0.25, -0.2) is 0 Å². The summed E-state index contributed by atoms with van der Waals surface area (Å²) in [5.41, 5.74) is 3.74. The van der Waals surface area contributed by atoms with Gasteiger partial charge in [-0.2, -0.15) is 0 Å². The summed E-state index contributed by atoms with van der Waals surface area (Å²) in [6.07, 6.45) is 0. The normalized spacial score (nSPS) is 9.18. The molecule has 0 aliphatic carbocycles. The van der Waals surface area contributed by atoms with Gasteiger partial charge in [0.05, 0.1) is 7.11 Å². The highest BCUT2D eigenvalue weighted by molar-refractivity contribution is 5.64. The maximum Gasteiger partial charge on any atom is 0.118 e. The molecule has 0 aromatic heterocycles. The van der Waals surface area contributed by atoms with Gasteiger partial charge in [0.2, 0.25) is 0 Å². The average molecular weight is 230 g/mol. The first-order valence-electron chi connectivity index (χ1n) is 5.34. The van der Waals surface area contributed by atoms with Crippen LogP contribution in [0.25, 0.3) is 11.1 Å². The fraction of sp³-hybridized carbons (Fsp3) is 0.143. The van der Waals surface area contributed by atoms with E-state index in [0.717, 1.165) is 5.75 Å². The third kappa shape index (κ3) is 3.59. The van der Waals surface area contributed by atoms with E-state index in [1.807, 2.05) is 12.1 Å². The summed E-state index contributed by atoms with van der Waals surface area (Å²) in [4.78, 5) is 0. The molecule has 0 aliphatic rings. The molecule has 2 aromatic carbocycles. The number of hydrogen-bond acceptors (Lipinski definition) is 3. The number of nitrogens with two attached hydrogens (primary N) is 2. The Balaban J connectivity index is 0.000000686. The highest BCUT2D eigenvalue weighted by Crippen LogP contribution is 2.22. The summed E-state index contributed by atoms with van der Waals surface area (Å²) in [5.74, 6) is 8.89. The number of benzene rings is 2. The standard InChI is InChI=1S/C14H14O.H4N2/c1-11-3-5-12(6-4-11)13-7-9-14(15-2)10-8-13;1-2/h3-10H,1-2H3;1-2H2. The number of hydrazine groups is 1. The lowest BCUT2D eigenvalue weighted by atomic mass is 10.0. The van der Waals surface area contributed by atoms with Crippen LogP contribution in [0.2, 0.25) is 0 Å². The molecule has 2 aromatic rings. The van der Waals surface area contributed by atoms with E-state index in [4.69, 9.17) is 4.74 Å². The van der Waals surface area contributed by atoms with Gasteiger partial charge in [0.1, 0.15) is 5.75 Å². The van der Waals surface area contributed by atoms with Gasteiger partial charge in [-0.1, -0.05) is 42.0 Å². The van der Waals surface area contributed by atoms with Gasteiger partial charge in [0.25, 0.3) is 0 Å². The molecule has 4 N–H and O–H groups in total. The molecule has 0 aliphatic heterocycles. The predicted octanol–water partition coefficient (Wildman–Crippen LogP) is 2.49. The molecule has 0 unspecified atom stereocenters. The Labute approximate surface area is 102 Å². The quantitative estimate of drug-likeness (QED) is 0.615. The Bertz CT molecular complexity index is 435. The van der Waals surface area contributed by atoms with Crippen LogP contribution in [0, 0.1) is 6.92 Å². The Morgan fingerprint density at radius 2 is 1.18 bits per heavy atom. The van der Waals surface area contributed by atoms with Crippen LogP contribution in [0.4, 0.5) is 0 Å². The van der Waals surface area contributed by atoms with E-state index in [9.17, 15) is 0 Å². The van der Waals surface area contributed by atoms with Gasteiger partial charge in [-0.3, -0.25) is 11.7 Å². The van der Waals surface area contributed by atoms with Crippen LogP contribution < -0.4 is 16.4 Å². The van der Waals surface area contributed by atoms with Crippen molar-refractivity contribution in [3.63, 3.8) is 0 Å². The lowest BCUT2D eigenvalue weighted by molar-refractivity contribution is 0.415. The molecule has 0 amide bonds. The first-order chi connectivity index (χ1) is 8.29. The second-order valence-electron chi connectivity index (χ2n) is 3.59. The van der Waals surface area contributed by atoms with Gasteiger partial charge < -0.3 is 4.74 Å². The Morgan fingerprint density at radius 3 is 1.59 bits per heavy atom. The molecule has 0 bridgehead atoms. The van der Waals surface area contributed by atoms with E-state index in [1.54, 1.807) is 7.11 Å². The lowest BCUT2D eigenvalue weighted by Crippen LogP contribution is -2.02. The first kappa shape index (κ1) is 13.2. The molecule has 3 heteroatoms. The molecule has 0 saturated heterocycles. The van der Waals surface area contributed by atoms with Gasteiger partial charge in [-0.15, -0.1) is 0 Å². The number of rotatable bonds is 2. The van der Waals surface area contributed by atoms with Crippen LogP contribution in [0.1, 0.15) is 5.56 Å². The van der Waals surface area contributed by atoms with E-state index in [1.165, 1.54) is 16.7 Å². The molecule has 0 heterocycles. The lowest BCUT2D eigenvalue weighted by Gasteiger charge is -2.03. The molecule has 90 valence electrons. The van der Waals surface area contributed by atoms with Crippen molar-refractivity contribution in [1.29, 1.82) is 0 Å². The minimum Gasteiger partial charge on any atom is -0.497 e. The third-order valence-corrected chi connectivity index (χ3v) is 2.47. The molecular formula is C14H18N2O. The molecular weight excluding hydrogens is 212 g/mol. The molecule has 2 rings (SSSR count). The van der Waals surface area contributed by atoms with Crippen molar-refractivity contribution in [3.8, 4) is 16.9 Å². The predicted molar refractivity (Wildman–Crippen MR) is 71.5 cm³/mol. The third-order valence-electron chi connectivity index (χ3n) is 2.47. The van der Waals surface area contributed by atoms with Crippen molar-refractivity contribution >= 4 is 0 Å². The molecule has 0 fully saturated rings. The van der Waals surface area contributed by atoms with Crippen molar-refractivity contribution < 1.29 is 4.74 Å². The molecule has 3 nitrogen and oxygen atoms in total. The average Bonchev–Trinajstić information content (AvgIpc) is 2.42. The zero-order valence-electron chi connectivity index (χ0n) is 10.2. The number of aryl methyl sites for hydroxylation is 1. The van der Waals surface area contributed by atoms with Crippen molar-refractivity contribution in [2.75, 3.05) is 7.11 Å². The van der Waals surface area contributed by atoms with Gasteiger partial charge in [-0.05, 0) is 30.2 Å². The summed E-state index contributed by atoms with van der Waals surface area (Å²) in [5, 5.41) is 0. The second kappa shape index (κ2) is 6.68. The second-order valence-corrected chi connectivity index (χ2v) is 3.59. The summed E-state index contributed by atoms with van der Waals surface area (Å²) in [6, 6.07) is 16.6. The summed E-state index contributed by atoms with van der Waals surface area (Å²) < 4.78 is 5.12.